The smallest absolute Gasteiger partial charge is 0.167 e. The Kier molecular flexibility index (Phi) is 7.43. The van der Waals surface area contributed by atoms with Gasteiger partial charge in [-0.3, -0.25) is 0 Å². The van der Waals surface area contributed by atoms with Crippen molar-refractivity contribution in [3.05, 3.63) is 71.8 Å². The Balaban J connectivity index is 1.75. The largest absolute Gasteiger partial charge is 0.386 e. The number of hydrogen-bond acceptors (Lipinski definition) is 3. The molecule has 0 unspecified atom stereocenters. The summed E-state index contributed by atoms with van der Waals surface area (Å²) in [5, 5.41) is 18.6. The van der Waals surface area contributed by atoms with Gasteiger partial charge in [-0.15, -0.1) is 0 Å². The Hall–Kier alpha value is -1.95. The minimum absolute atomic E-state index is 0.315. The first-order valence-corrected chi connectivity index (χ1v) is 10.5. The average molecular weight is 398 g/mol. The average Bonchev–Trinajstić information content (AvgIpc) is 2.73. The van der Waals surface area contributed by atoms with Gasteiger partial charge in [0.15, 0.2) is 5.11 Å². The first-order valence-electron chi connectivity index (χ1n) is 10.1. The lowest BCUT2D eigenvalue weighted by Crippen LogP contribution is -2.54. The number of aliphatic hydroxyl groups is 1. The van der Waals surface area contributed by atoms with E-state index in [0.717, 1.165) is 17.5 Å². The van der Waals surface area contributed by atoms with Crippen LogP contribution in [0.1, 0.15) is 49.0 Å². The standard InChI is InChI=1S/C23H31N3OS/c1-26(2)20-16-10-9-15-19(20)24-23(28)25-21(17-11-5-3-6-12-17)22(27)18-13-7-4-8-14-18/h3-8,11-14,19-22,27H,9-10,15-16H2,1-2H3,(H2,24,25,28)/t19-,20-,21+,22+/m1/s1. The molecule has 0 bridgehead atoms. The second-order valence-electron chi connectivity index (χ2n) is 7.78. The molecule has 150 valence electrons. The molecule has 2 aromatic rings. The van der Waals surface area contributed by atoms with Crippen LogP contribution < -0.4 is 10.6 Å². The van der Waals surface area contributed by atoms with E-state index in [9.17, 15) is 5.11 Å². The van der Waals surface area contributed by atoms with Crippen molar-refractivity contribution in [1.29, 1.82) is 0 Å². The summed E-state index contributed by atoms with van der Waals surface area (Å²) in [5.74, 6) is 0. The predicted molar refractivity (Wildman–Crippen MR) is 119 cm³/mol. The van der Waals surface area contributed by atoms with Gasteiger partial charge in [-0.25, -0.2) is 0 Å². The molecule has 5 heteroatoms. The van der Waals surface area contributed by atoms with Crippen LogP contribution in [0.4, 0.5) is 0 Å². The van der Waals surface area contributed by atoms with Crippen molar-refractivity contribution in [3.8, 4) is 0 Å². The Morgan fingerprint density at radius 3 is 2.14 bits per heavy atom. The number of thiocarbonyl (C=S) groups is 1. The summed E-state index contributed by atoms with van der Waals surface area (Å²) in [4.78, 5) is 2.28. The minimum Gasteiger partial charge on any atom is -0.386 e. The molecule has 0 radical (unpaired) electrons. The Bertz CT molecular complexity index is 738. The second-order valence-corrected chi connectivity index (χ2v) is 8.19. The van der Waals surface area contributed by atoms with E-state index in [-0.39, 0.29) is 6.04 Å². The molecular formula is C23H31N3OS. The zero-order valence-electron chi connectivity index (χ0n) is 16.7. The lowest BCUT2D eigenvalue weighted by atomic mass is 9.89. The highest BCUT2D eigenvalue weighted by Crippen LogP contribution is 2.29. The molecular weight excluding hydrogens is 366 g/mol. The third-order valence-electron chi connectivity index (χ3n) is 5.61. The fourth-order valence-electron chi connectivity index (χ4n) is 4.10. The predicted octanol–water partition coefficient (Wildman–Crippen LogP) is 3.80. The molecule has 0 amide bonds. The molecule has 4 atom stereocenters. The summed E-state index contributed by atoms with van der Waals surface area (Å²) in [6.45, 7) is 0. The number of hydrogen-bond donors (Lipinski definition) is 3. The highest BCUT2D eigenvalue weighted by molar-refractivity contribution is 7.80. The van der Waals surface area contributed by atoms with E-state index >= 15 is 0 Å². The maximum atomic E-state index is 11.1. The molecule has 3 rings (SSSR count). The lowest BCUT2D eigenvalue weighted by molar-refractivity contribution is 0.137. The van der Waals surface area contributed by atoms with Gasteiger partial charge in [0, 0.05) is 12.1 Å². The van der Waals surface area contributed by atoms with E-state index in [2.05, 4.69) is 29.6 Å². The highest BCUT2D eigenvalue weighted by Gasteiger charge is 2.29. The van der Waals surface area contributed by atoms with Crippen LogP contribution in [0.2, 0.25) is 0 Å². The molecule has 1 fully saturated rings. The fraction of sp³-hybridized carbons (Fsp3) is 0.435. The SMILES string of the molecule is CN(C)[C@@H]1CCCC[C@H]1NC(=S)N[C@@H](c1ccccc1)[C@@H](O)c1ccccc1. The van der Waals surface area contributed by atoms with Gasteiger partial charge in [0.05, 0.1) is 6.04 Å². The molecule has 1 aliphatic rings. The van der Waals surface area contributed by atoms with Crippen LogP contribution >= 0.6 is 12.2 Å². The van der Waals surface area contributed by atoms with Crippen molar-refractivity contribution in [1.82, 2.24) is 15.5 Å². The normalized spacial score (nSPS) is 21.7. The van der Waals surface area contributed by atoms with Crippen LogP contribution in [0.5, 0.6) is 0 Å². The Morgan fingerprint density at radius 2 is 1.54 bits per heavy atom. The van der Waals surface area contributed by atoms with Crippen molar-refractivity contribution in [2.75, 3.05) is 14.1 Å². The van der Waals surface area contributed by atoms with Crippen molar-refractivity contribution in [2.45, 2.75) is 49.9 Å². The minimum atomic E-state index is -0.695. The number of nitrogens with one attached hydrogen (secondary N) is 2. The van der Waals surface area contributed by atoms with Gasteiger partial charge in [0.1, 0.15) is 6.10 Å². The summed E-state index contributed by atoms with van der Waals surface area (Å²) < 4.78 is 0. The lowest BCUT2D eigenvalue weighted by Gasteiger charge is -2.38. The fourth-order valence-corrected chi connectivity index (χ4v) is 4.37. The van der Waals surface area contributed by atoms with Gasteiger partial charge in [-0.2, -0.15) is 0 Å². The first kappa shape index (κ1) is 20.8. The van der Waals surface area contributed by atoms with Crippen LogP contribution in [-0.2, 0) is 0 Å². The van der Waals surface area contributed by atoms with E-state index < -0.39 is 6.10 Å². The zero-order valence-corrected chi connectivity index (χ0v) is 17.5. The monoisotopic (exact) mass is 397 g/mol. The van der Waals surface area contributed by atoms with Gasteiger partial charge in [-0.1, -0.05) is 73.5 Å². The van der Waals surface area contributed by atoms with Gasteiger partial charge in [-0.05, 0) is 50.3 Å². The third-order valence-corrected chi connectivity index (χ3v) is 5.85. The van der Waals surface area contributed by atoms with Crippen LogP contribution in [0, 0.1) is 0 Å². The molecule has 0 aromatic heterocycles. The molecule has 0 aliphatic heterocycles. The van der Waals surface area contributed by atoms with Crippen LogP contribution in [0.3, 0.4) is 0 Å². The highest BCUT2D eigenvalue weighted by atomic mass is 32.1. The molecule has 3 N–H and O–H groups in total. The van der Waals surface area contributed by atoms with E-state index in [1.54, 1.807) is 0 Å². The number of nitrogens with zero attached hydrogens (tertiary/aromatic N) is 1. The first-order chi connectivity index (χ1) is 13.6. The van der Waals surface area contributed by atoms with Crippen molar-refractivity contribution < 1.29 is 5.11 Å². The van der Waals surface area contributed by atoms with E-state index in [0.29, 0.717) is 17.2 Å². The van der Waals surface area contributed by atoms with Crippen LogP contribution in [0.15, 0.2) is 60.7 Å². The number of benzene rings is 2. The quantitative estimate of drug-likeness (QED) is 0.647. The van der Waals surface area contributed by atoms with Gasteiger partial charge >= 0.3 is 0 Å². The van der Waals surface area contributed by atoms with E-state index in [1.807, 2.05) is 60.7 Å². The summed E-state index contributed by atoms with van der Waals surface area (Å²) >= 11 is 5.67. The summed E-state index contributed by atoms with van der Waals surface area (Å²) in [6, 6.07) is 20.2. The topological polar surface area (TPSA) is 47.5 Å². The van der Waals surface area contributed by atoms with E-state index in [4.69, 9.17) is 12.2 Å². The number of rotatable bonds is 6. The maximum absolute atomic E-state index is 11.1. The zero-order chi connectivity index (χ0) is 19.9. The molecule has 0 heterocycles. The molecule has 1 aliphatic carbocycles. The third kappa shape index (κ3) is 5.31. The van der Waals surface area contributed by atoms with Gasteiger partial charge in [0.2, 0.25) is 0 Å². The Labute approximate surface area is 174 Å². The van der Waals surface area contributed by atoms with Crippen molar-refractivity contribution >= 4 is 17.3 Å². The van der Waals surface area contributed by atoms with Crippen molar-refractivity contribution in [3.63, 3.8) is 0 Å². The molecule has 0 saturated heterocycles. The molecule has 4 nitrogen and oxygen atoms in total. The van der Waals surface area contributed by atoms with Crippen molar-refractivity contribution in [2.24, 2.45) is 0 Å². The van der Waals surface area contributed by atoms with Gasteiger partial charge < -0.3 is 20.6 Å². The molecule has 0 spiro atoms. The van der Waals surface area contributed by atoms with Crippen LogP contribution in [0.25, 0.3) is 0 Å². The Morgan fingerprint density at radius 1 is 0.964 bits per heavy atom. The number of aliphatic hydroxyl groups excluding tert-OH is 1. The summed E-state index contributed by atoms with van der Waals surface area (Å²) in [5.41, 5.74) is 1.88. The maximum Gasteiger partial charge on any atom is 0.167 e. The molecule has 28 heavy (non-hydrogen) atoms. The van der Waals surface area contributed by atoms with E-state index in [1.165, 1.54) is 19.3 Å². The second kappa shape index (κ2) is 10.0. The summed E-state index contributed by atoms with van der Waals surface area (Å²) in [6.07, 6.45) is 4.09. The van der Waals surface area contributed by atoms with Crippen LogP contribution in [-0.4, -0.2) is 41.3 Å². The summed E-state index contributed by atoms with van der Waals surface area (Å²) in [7, 11) is 4.26. The number of likely N-dealkylation sites (N-methyl/N-ethyl adjacent to an activating group) is 1. The molecule has 1 saturated carbocycles. The molecule has 2 aromatic carbocycles. The van der Waals surface area contributed by atoms with Gasteiger partial charge in [0.25, 0.3) is 0 Å².